The third-order valence-electron chi connectivity index (χ3n) is 3.97. The highest BCUT2D eigenvalue weighted by atomic mass is 79.9. The average Bonchev–Trinajstić information content (AvgIpc) is 2.81. The normalized spacial score (nSPS) is 19.4. The summed E-state index contributed by atoms with van der Waals surface area (Å²) in [4.78, 5) is 0.883. The van der Waals surface area contributed by atoms with Gasteiger partial charge >= 0.3 is 0 Å². The number of rotatable bonds is 1. The van der Waals surface area contributed by atoms with E-state index in [1.165, 1.54) is 0 Å². The monoisotopic (exact) mass is 386 g/mol. The van der Waals surface area contributed by atoms with Crippen LogP contribution in [0.5, 0.6) is 0 Å². The van der Waals surface area contributed by atoms with Crippen LogP contribution in [0.1, 0.15) is 22.7 Å². The molecule has 0 amide bonds. The Balaban J connectivity index is 1.93. The standard InChI is InChI=1S/C17H11BrN2S2/c18-12-8-4-3-7-11(12)15-13-14(19-17(22)20-15)9-5-1-2-6-10(9)16(13)21/h1-8,15H,(H2,19,20,22). The van der Waals surface area contributed by atoms with Crippen molar-refractivity contribution in [1.29, 1.82) is 0 Å². The Morgan fingerprint density at radius 1 is 0.909 bits per heavy atom. The molecular weight excluding hydrogens is 376 g/mol. The van der Waals surface area contributed by atoms with Crippen LogP contribution in [0, 0.1) is 0 Å². The molecule has 2 aliphatic rings. The summed E-state index contributed by atoms with van der Waals surface area (Å²) in [6.07, 6.45) is 0. The van der Waals surface area contributed by atoms with Crippen molar-refractivity contribution >= 4 is 56.0 Å². The van der Waals surface area contributed by atoms with Crippen LogP contribution >= 0.6 is 40.4 Å². The average molecular weight is 387 g/mol. The molecule has 2 aromatic carbocycles. The number of hydrogen-bond acceptors (Lipinski definition) is 2. The third kappa shape index (κ3) is 2.04. The minimum Gasteiger partial charge on any atom is -0.351 e. The van der Waals surface area contributed by atoms with Gasteiger partial charge < -0.3 is 10.6 Å². The van der Waals surface area contributed by atoms with E-state index in [1.807, 2.05) is 30.3 Å². The zero-order valence-corrected chi connectivity index (χ0v) is 14.6. The molecule has 22 heavy (non-hydrogen) atoms. The van der Waals surface area contributed by atoms with Crippen LogP contribution in [-0.4, -0.2) is 9.98 Å². The Labute approximate surface area is 147 Å². The van der Waals surface area contributed by atoms with Gasteiger partial charge in [0.2, 0.25) is 0 Å². The fraction of sp³-hybridized carbons (Fsp3) is 0.0588. The van der Waals surface area contributed by atoms with Crippen molar-refractivity contribution in [3.8, 4) is 0 Å². The van der Waals surface area contributed by atoms with Crippen LogP contribution in [0.25, 0.3) is 5.70 Å². The minimum atomic E-state index is -0.0424. The molecule has 0 saturated carbocycles. The summed E-state index contributed by atoms with van der Waals surface area (Å²) in [7, 11) is 0. The molecule has 0 bridgehead atoms. The summed E-state index contributed by atoms with van der Waals surface area (Å²) in [6, 6.07) is 16.3. The van der Waals surface area contributed by atoms with Gasteiger partial charge in [-0.05, 0) is 23.8 Å². The first kappa shape index (κ1) is 14.1. The number of hydrogen-bond donors (Lipinski definition) is 2. The van der Waals surface area contributed by atoms with E-state index >= 15 is 0 Å². The highest BCUT2D eigenvalue weighted by Crippen LogP contribution is 2.41. The molecule has 2 nitrogen and oxygen atoms in total. The molecule has 4 rings (SSSR count). The van der Waals surface area contributed by atoms with Gasteiger partial charge in [0.25, 0.3) is 0 Å². The Morgan fingerprint density at radius 3 is 2.36 bits per heavy atom. The number of benzene rings is 2. The molecule has 1 unspecified atom stereocenters. The van der Waals surface area contributed by atoms with E-state index in [0.717, 1.165) is 37.3 Å². The fourth-order valence-electron chi connectivity index (χ4n) is 3.01. The second-order valence-corrected chi connectivity index (χ2v) is 6.89. The number of thiocarbonyl (C=S) groups is 2. The predicted molar refractivity (Wildman–Crippen MR) is 101 cm³/mol. The quantitative estimate of drug-likeness (QED) is 0.720. The highest BCUT2D eigenvalue weighted by Gasteiger charge is 2.36. The van der Waals surface area contributed by atoms with Crippen molar-refractivity contribution in [3.63, 3.8) is 0 Å². The second-order valence-electron chi connectivity index (χ2n) is 5.22. The smallest absolute Gasteiger partial charge is 0.171 e. The van der Waals surface area contributed by atoms with Gasteiger partial charge in [-0.25, -0.2) is 0 Å². The first-order valence-electron chi connectivity index (χ1n) is 6.87. The summed E-state index contributed by atoms with van der Waals surface area (Å²) < 4.78 is 1.04. The maximum absolute atomic E-state index is 5.73. The first-order chi connectivity index (χ1) is 10.7. The van der Waals surface area contributed by atoms with Crippen LogP contribution < -0.4 is 10.6 Å². The van der Waals surface area contributed by atoms with Gasteiger partial charge in [0.15, 0.2) is 5.11 Å². The van der Waals surface area contributed by atoms with Crippen LogP contribution in [0.4, 0.5) is 0 Å². The lowest BCUT2D eigenvalue weighted by Crippen LogP contribution is -2.43. The summed E-state index contributed by atoms with van der Waals surface area (Å²) in [5.74, 6) is 0. The fourth-order valence-corrected chi connectivity index (χ4v) is 4.14. The molecule has 5 heteroatoms. The van der Waals surface area contributed by atoms with E-state index in [-0.39, 0.29) is 6.04 Å². The van der Waals surface area contributed by atoms with Crippen molar-refractivity contribution in [2.24, 2.45) is 0 Å². The number of halogens is 1. The highest BCUT2D eigenvalue weighted by molar-refractivity contribution is 9.10. The molecule has 1 aliphatic carbocycles. The van der Waals surface area contributed by atoms with Crippen molar-refractivity contribution < 1.29 is 0 Å². The second kappa shape index (κ2) is 5.26. The van der Waals surface area contributed by atoms with E-state index in [1.54, 1.807) is 0 Å². The van der Waals surface area contributed by atoms with Gasteiger partial charge in [0.05, 0.1) is 16.6 Å². The van der Waals surface area contributed by atoms with E-state index < -0.39 is 0 Å². The van der Waals surface area contributed by atoms with Gasteiger partial charge in [-0.3, -0.25) is 0 Å². The first-order valence-corrected chi connectivity index (χ1v) is 8.48. The number of fused-ring (bicyclic) bond motifs is 2. The molecule has 1 heterocycles. The zero-order chi connectivity index (χ0) is 15.3. The van der Waals surface area contributed by atoms with Crippen molar-refractivity contribution in [2.45, 2.75) is 6.04 Å². The lowest BCUT2D eigenvalue weighted by atomic mass is 9.95. The molecule has 1 aliphatic heterocycles. The topological polar surface area (TPSA) is 24.1 Å². The Hall–Kier alpha value is -1.56. The zero-order valence-electron chi connectivity index (χ0n) is 11.4. The van der Waals surface area contributed by atoms with Crippen molar-refractivity contribution in [1.82, 2.24) is 10.6 Å². The molecular formula is C17H11BrN2S2. The van der Waals surface area contributed by atoms with Gasteiger partial charge in [-0.15, -0.1) is 0 Å². The van der Waals surface area contributed by atoms with Gasteiger partial charge in [-0.1, -0.05) is 70.6 Å². The maximum atomic E-state index is 5.73. The lowest BCUT2D eigenvalue weighted by Gasteiger charge is -2.29. The summed E-state index contributed by atoms with van der Waals surface area (Å²) in [5.41, 5.74) is 5.48. The van der Waals surface area contributed by atoms with Crippen LogP contribution in [0.3, 0.4) is 0 Å². The van der Waals surface area contributed by atoms with E-state index in [9.17, 15) is 0 Å². The van der Waals surface area contributed by atoms with E-state index in [2.05, 4.69) is 44.8 Å². The molecule has 0 radical (unpaired) electrons. The molecule has 2 aromatic rings. The van der Waals surface area contributed by atoms with Crippen LogP contribution in [-0.2, 0) is 0 Å². The van der Waals surface area contributed by atoms with Crippen molar-refractivity contribution in [2.75, 3.05) is 0 Å². The predicted octanol–water partition coefficient (Wildman–Crippen LogP) is 4.11. The molecule has 1 atom stereocenters. The maximum Gasteiger partial charge on any atom is 0.171 e. The molecule has 108 valence electrons. The van der Waals surface area contributed by atoms with Gasteiger partial charge in [0, 0.05) is 21.2 Å². The minimum absolute atomic E-state index is 0.0424. The summed E-state index contributed by atoms with van der Waals surface area (Å²) >= 11 is 14.8. The molecule has 2 N–H and O–H groups in total. The summed E-state index contributed by atoms with van der Waals surface area (Å²) in [5, 5.41) is 7.26. The van der Waals surface area contributed by atoms with Gasteiger partial charge in [0.1, 0.15) is 0 Å². The van der Waals surface area contributed by atoms with Gasteiger partial charge in [-0.2, -0.15) is 0 Å². The molecule has 0 aromatic heterocycles. The van der Waals surface area contributed by atoms with E-state index in [0.29, 0.717) is 5.11 Å². The summed E-state index contributed by atoms with van der Waals surface area (Å²) in [6.45, 7) is 0. The molecule has 0 saturated heterocycles. The Bertz CT molecular complexity index is 857. The largest absolute Gasteiger partial charge is 0.351 e. The van der Waals surface area contributed by atoms with Crippen LogP contribution in [0.15, 0.2) is 58.6 Å². The molecule has 0 fully saturated rings. The van der Waals surface area contributed by atoms with E-state index in [4.69, 9.17) is 24.4 Å². The number of nitrogens with one attached hydrogen (secondary N) is 2. The lowest BCUT2D eigenvalue weighted by molar-refractivity contribution is 0.745. The Kier molecular flexibility index (Phi) is 3.36. The third-order valence-corrected chi connectivity index (χ3v) is 5.36. The molecule has 0 spiro atoms. The SMILES string of the molecule is S=C1NC2=C(C(=S)c3ccccc32)C(c2ccccc2Br)N1. The van der Waals surface area contributed by atoms with Crippen LogP contribution in [0.2, 0.25) is 0 Å². The Morgan fingerprint density at radius 2 is 1.59 bits per heavy atom. The van der Waals surface area contributed by atoms with Crippen molar-refractivity contribution in [3.05, 3.63) is 75.3 Å².